The van der Waals surface area contributed by atoms with Crippen molar-refractivity contribution in [3.63, 3.8) is 0 Å². The van der Waals surface area contributed by atoms with Crippen molar-refractivity contribution in [3.05, 3.63) is 0 Å². The van der Waals surface area contributed by atoms with Crippen molar-refractivity contribution >= 4 is 21.7 Å². The normalized spacial score (nSPS) is 27.3. The van der Waals surface area contributed by atoms with Crippen molar-refractivity contribution in [3.8, 4) is 0 Å². The van der Waals surface area contributed by atoms with Crippen LogP contribution in [0.5, 0.6) is 0 Å². The summed E-state index contributed by atoms with van der Waals surface area (Å²) >= 11 is 0. The Morgan fingerprint density at radius 3 is 2.24 bits per heavy atom. The summed E-state index contributed by atoms with van der Waals surface area (Å²) in [5.74, 6) is -1.66. The van der Waals surface area contributed by atoms with Crippen LogP contribution in [-0.4, -0.2) is 53.9 Å². The summed E-state index contributed by atoms with van der Waals surface area (Å²) in [5.41, 5.74) is -0.996. The quantitative estimate of drug-likeness (QED) is 0.799. The Hall–Kier alpha value is -1.11. The second-order valence-corrected chi connectivity index (χ2v) is 10.6. The molecule has 0 spiro atoms. The third-order valence-corrected chi connectivity index (χ3v) is 8.60. The Balaban J connectivity index is 2.24. The molecule has 1 heterocycles. The summed E-state index contributed by atoms with van der Waals surface area (Å²) in [4.78, 5) is 26.1. The second-order valence-electron chi connectivity index (χ2n) is 8.24. The molecule has 2 fully saturated rings. The van der Waals surface area contributed by atoms with Crippen molar-refractivity contribution in [2.75, 3.05) is 13.1 Å². The maximum atomic E-state index is 13.1. The van der Waals surface area contributed by atoms with E-state index in [0.717, 1.165) is 19.3 Å². The van der Waals surface area contributed by atoms with E-state index < -0.39 is 37.6 Å². The molecule has 0 radical (unpaired) electrons. The van der Waals surface area contributed by atoms with E-state index in [4.69, 9.17) is 0 Å². The van der Waals surface area contributed by atoms with E-state index in [-0.39, 0.29) is 12.5 Å². The highest BCUT2D eigenvalue weighted by Crippen LogP contribution is 2.33. The minimum Gasteiger partial charge on any atom is -0.481 e. The van der Waals surface area contributed by atoms with Crippen LogP contribution in [0.1, 0.15) is 65.7 Å². The fourth-order valence-corrected chi connectivity index (χ4v) is 6.78. The molecule has 0 aromatic rings. The van der Waals surface area contributed by atoms with Gasteiger partial charge in [-0.3, -0.25) is 9.59 Å². The molecule has 1 N–H and O–H groups in total. The lowest BCUT2D eigenvalue weighted by molar-refractivity contribution is -0.153. The lowest BCUT2D eigenvalue weighted by atomic mass is 9.82. The number of rotatable bonds is 5. The van der Waals surface area contributed by atoms with Crippen LogP contribution in [0, 0.1) is 11.3 Å². The van der Waals surface area contributed by atoms with Crippen LogP contribution in [0.3, 0.4) is 0 Å². The van der Waals surface area contributed by atoms with Crippen LogP contribution in [0.4, 0.5) is 0 Å². The van der Waals surface area contributed by atoms with Gasteiger partial charge in [0.2, 0.25) is 5.91 Å². The van der Waals surface area contributed by atoms with Gasteiger partial charge in [-0.15, -0.1) is 0 Å². The second kappa shape index (κ2) is 7.64. The van der Waals surface area contributed by atoms with Gasteiger partial charge in [-0.05, 0) is 38.5 Å². The minimum atomic E-state index is -3.57. The molecule has 1 aliphatic heterocycles. The first-order valence-corrected chi connectivity index (χ1v) is 11.0. The number of carbonyl (C=O) groups excluding carboxylic acids is 1. The topological polar surface area (TPSA) is 91.8 Å². The highest BCUT2D eigenvalue weighted by molar-refractivity contribution is 7.93. The van der Waals surface area contributed by atoms with Gasteiger partial charge in [0.15, 0.2) is 9.84 Å². The molecule has 2 rings (SSSR count). The third kappa shape index (κ3) is 4.18. The monoisotopic (exact) mass is 373 g/mol. The summed E-state index contributed by atoms with van der Waals surface area (Å²) in [5, 5.41) is 7.95. The molecule has 2 atom stereocenters. The average molecular weight is 374 g/mol. The van der Waals surface area contributed by atoms with E-state index in [1.165, 1.54) is 4.90 Å². The Labute approximate surface area is 150 Å². The Morgan fingerprint density at radius 2 is 1.72 bits per heavy atom. The van der Waals surface area contributed by atoms with Crippen LogP contribution in [-0.2, 0) is 19.4 Å². The predicted octanol–water partition coefficient (Wildman–Crippen LogP) is 2.47. The molecule has 144 valence electrons. The number of likely N-dealkylation sites (tertiary alicyclic amines) is 1. The number of carbonyl (C=O) groups is 2. The number of amides is 1. The number of hydrogen-bond donors (Lipinski definition) is 1. The summed E-state index contributed by atoms with van der Waals surface area (Å²) in [6.07, 6.45) is 5.19. The molecule has 2 unspecified atom stereocenters. The lowest BCUT2D eigenvalue weighted by Crippen LogP contribution is -2.54. The summed E-state index contributed by atoms with van der Waals surface area (Å²) in [6, 6.07) is 0. The van der Waals surface area contributed by atoms with Crippen molar-refractivity contribution in [1.29, 1.82) is 0 Å². The fourth-order valence-electron chi connectivity index (χ4n) is 4.19. The minimum absolute atomic E-state index is 0.0879. The zero-order valence-electron chi connectivity index (χ0n) is 15.5. The van der Waals surface area contributed by atoms with E-state index in [1.807, 2.05) is 0 Å². The Kier molecular flexibility index (Phi) is 6.17. The molecule has 0 bridgehead atoms. The van der Waals surface area contributed by atoms with E-state index in [2.05, 4.69) is 0 Å². The molecule has 1 saturated heterocycles. The van der Waals surface area contributed by atoms with Gasteiger partial charge < -0.3 is 10.0 Å². The molecule has 1 aliphatic carbocycles. The van der Waals surface area contributed by atoms with Crippen LogP contribution in [0.25, 0.3) is 0 Å². The summed E-state index contributed by atoms with van der Waals surface area (Å²) < 4.78 is 26.3. The van der Waals surface area contributed by atoms with Gasteiger partial charge >= 0.3 is 5.97 Å². The Morgan fingerprint density at radius 1 is 1.12 bits per heavy atom. The van der Waals surface area contributed by atoms with Crippen molar-refractivity contribution in [2.45, 2.75) is 76.2 Å². The predicted molar refractivity (Wildman–Crippen MR) is 96.0 cm³/mol. The van der Waals surface area contributed by atoms with Crippen molar-refractivity contribution in [1.82, 2.24) is 4.90 Å². The first-order chi connectivity index (χ1) is 11.6. The number of carboxylic acid groups (broad SMARTS) is 1. The van der Waals surface area contributed by atoms with E-state index in [0.29, 0.717) is 32.2 Å². The van der Waals surface area contributed by atoms with Crippen LogP contribution in [0.15, 0.2) is 0 Å². The zero-order chi connectivity index (χ0) is 18.8. The van der Waals surface area contributed by atoms with E-state index in [9.17, 15) is 23.1 Å². The molecule has 25 heavy (non-hydrogen) atoms. The van der Waals surface area contributed by atoms with E-state index in [1.54, 1.807) is 20.8 Å². The highest BCUT2D eigenvalue weighted by Gasteiger charge is 2.46. The number of nitrogens with zero attached hydrogens (tertiary/aromatic N) is 1. The molecule has 0 aromatic carbocycles. The number of carboxylic acids is 1. The summed E-state index contributed by atoms with van der Waals surface area (Å²) in [6.45, 7) is 5.69. The molecule has 0 aromatic heterocycles. The van der Waals surface area contributed by atoms with E-state index >= 15 is 0 Å². The Bertz CT molecular complexity index is 609. The zero-order valence-corrected chi connectivity index (χ0v) is 16.3. The molecule has 1 saturated carbocycles. The van der Waals surface area contributed by atoms with Gasteiger partial charge in [-0.2, -0.15) is 0 Å². The standard InChI is InChI=1S/C18H31NO5S/c1-13(2)15(25(23,24)14-8-5-4-6-9-14)16(20)19-11-7-10-18(3,12-19)17(21)22/h13-15H,4-12H2,1-3H3,(H,21,22). The van der Waals surface area contributed by atoms with Gasteiger partial charge in [0, 0.05) is 13.1 Å². The smallest absolute Gasteiger partial charge is 0.311 e. The molecule has 1 amide bonds. The van der Waals surface area contributed by atoms with Gasteiger partial charge in [-0.25, -0.2) is 8.42 Å². The maximum absolute atomic E-state index is 13.1. The number of hydrogen-bond acceptors (Lipinski definition) is 4. The largest absolute Gasteiger partial charge is 0.481 e. The molecule has 6 nitrogen and oxygen atoms in total. The molecular formula is C18H31NO5S. The van der Waals surface area contributed by atoms with Gasteiger partial charge in [0.05, 0.1) is 10.7 Å². The number of sulfone groups is 1. The van der Waals surface area contributed by atoms with Gasteiger partial charge in [0.25, 0.3) is 0 Å². The maximum Gasteiger partial charge on any atom is 0.311 e. The first kappa shape index (κ1) is 20.2. The highest BCUT2D eigenvalue weighted by atomic mass is 32.2. The molecule has 2 aliphatic rings. The van der Waals surface area contributed by atoms with Crippen LogP contribution < -0.4 is 0 Å². The first-order valence-electron chi connectivity index (χ1n) is 9.34. The van der Waals surface area contributed by atoms with Crippen LogP contribution >= 0.6 is 0 Å². The summed E-state index contributed by atoms with van der Waals surface area (Å²) in [7, 11) is -3.57. The number of piperidine rings is 1. The van der Waals surface area contributed by atoms with Crippen LogP contribution in [0.2, 0.25) is 0 Å². The average Bonchev–Trinajstić information content (AvgIpc) is 2.55. The SMILES string of the molecule is CC(C)C(C(=O)N1CCCC(C)(C(=O)O)C1)S(=O)(=O)C1CCCCC1. The van der Waals surface area contributed by atoms with Crippen molar-refractivity contribution in [2.24, 2.45) is 11.3 Å². The fraction of sp³-hybridized carbons (Fsp3) is 0.889. The van der Waals surface area contributed by atoms with Gasteiger partial charge in [-0.1, -0.05) is 33.1 Å². The van der Waals surface area contributed by atoms with Gasteiger partial charge in [0.1, 0.15) is 5.25 Å². The van der Waals surface area contributed by atoms with Crippen molar-refractivity contribution < 1.29 is 23.1 Å². The number of aliphatic carboxylic acids is 1. The lowest BCUT2D eigenvalue weighted by Gasteiger charge is -2.40. The third-order valence-electron chi connectivity index (χ3n) is 5.74. The molecule has 7 heteroatoms. The molecular weight excluding hydrogens is 342 g/mol.